The molecule has 0 aromatic heterocycles. The van der Waals surface area contributed by atoms with E-state index in [0.717, 1.165) is 4.90 Å². The quantitative estimate of drug-likeness (QED) is 0.647. The highest BCUT2D eigenvalue weighted by atomic mass is 35.5. The lowest BCUT2D eigenvalue weighted by Crippen LogP contribution is -2.29. The second-order valence-corrected chi connectivity index (χ2v) is 5.16. The van der Waals surface area contributed by atoms with E-state index in [4.69, 9.17) is 11.6 Å². The summed E-state index contributed by atoms with van der Waals surface area (Å²) < 4.78 is 0. The molecule has 0 saturated heterocycles. The number of imide groups is 1. The van der Waals surface area contributed by atoms with Crippen LogP contribution in [-0.2, 0) is 9.59 Å². The van der Waals surface area contributed by atoms with E-state index in [0.29, 0.717) is 21.8 Å². The van der Waals surface area contributed by atoms with Crippen LogP contribution in [0.4, 0.5) is 5.69 Å². The third-order valence-corrected chi connectivity index (χ3v) is 3.56. The van der Waals surface area contributed by atoms with Crippen molar-refractivity contribution in [1.29, 1.82) is 0 Å². The fourth-order valence-corrected chi connectivity index (χ4v) is 2.31. The SMILES string of the molecule is O=C(c1ccc(Cl)cc1)c1ccc(N2C(=O)C=CC2=O)cc1. The molecule has 0 unspecified atom stereocenters. The number of carbonyl (C=O) groups is 3. The summed E-state index contributed by atoms with van der Waals surface area (Å²) >= 11 is 5.80. The zero-order valence-corrected chi connectivity index (χ0v) is 12.1. The zero-order chi connectivity index (χ0) is 15.7. The highest BCUT2D eigenvalue weighted by molar-refractivity contribution is 6.30. The van der Waals surface area contributed by atoms with E-state index in [-0.39, 0.29) is 17.6 Å². The second-order valence-electron chi connectivity index (χ2n) is 4.73. The predicted octanol–water partition coefficient (Wildman–Crippen LogP) is 3.00. The third kappa shape index (κ3) is 2.56. The molecule has 2 aromatic rings. The van der Waals surface area contributed by atoms with Crippen molar-refractivity contribution in [3.63, 3.8) is 0 Å². The van der Waals surface area contributed by atoms with Gasteiger partial charge in [0.1, 0.15) is 0 Å². The van der Waals surface area contributed by atoms with Crippen molar-refractivity contribution in [1.82, 2.24) is 0 Å². The summed E-state index contributed by atoms with van der Waals surface area (Å²) in [4.78, 5) is 36.6. The molecule has 0 bridgehead atoms. The number of ketones is 1. The molecule has 1 aliphatic rings. The minimum Gasteiger partial charge on any atom is -0.289 e. The van der Waals surface area contributed by atoms with Gasteiger partial charge in [0.2, 0.25) is 0 Å². The number of hydrogen-bond acceptors (Lipinski definition) is 3. The molecule has 22 heavy (non-hydrogen) atoms. The summed E-state index contributed by atoms with van der Waals surface area (Å²) in [5.74, 6) is -0.927. The van der Waals surface area contributed by atoms with Crippen LogP contribution in [0.1, 0.15) is 15.9 Å². The normalized spacial score (nSPS) is 13.8. The van der Waals surface area contributed by atoms with Crippen LogP contribution < -0.4 is 4.90 Å². The maximum atomic E-state index is 12.3. The van der Waals surface area contributed by atoms with Crippen molar-refractivity contribution < 1.29 is 14.4 Å². The van der Waals surface area contributed by atoms with Crippen LogP contribution in [0.25, 0.3) is 0 Å². The van der Waals surface area contributed by atoms with Crippen LogP contribution in [0.3, 0.4) is 0 Å². The Balaban J connectivity index is 1.85. The van der Waals surface area contributed by atoms with E-state index in [1.54, 1.807) is 48.5 Å². The number of benzene rings is 2. The van der Waals surface area contributed by atoms with E-state index >= 15 is 0 Å². The molecule has 0 N–H and O–H groups in total. The number of hydrogen-bond donors (Lipinski definition) is 0. The average molecular weight is 312 g/mol. The van der Waals surface area contributed by atoms with Gasteiger partial charge in [-0.1, -0.05) is 11.6 Å². The van der Waals surface area contributed by atoms with Gasteiger partial charge in [-0.2, -0.15) is 0 Å². The Bertz CT molecular complexity index is 774. The lowest BCUT2D eigenvalue weighted by Gasteiger charge is -2.13. The first kappa shape index (κ1) is 14.2. The zero-order valence-electron chi connectivity index (χ0n) is 11.3. The molecule has 0 spiro atoms. The van der Waals surface area contributed by atoms with Gasteiger partial charge >= 0.3 is 0 Å². The summed E-state index contributed by atoms with van der Waals surface area (Å²) in [5.41, 5.74) is 1.43. The molecule has 3 rings (SSSR count). The van der Waals surface area contributed by atoms with Crippen molar-refractivity contribution >= 4 is 34.9 Å². The van der Waals surface area contributed by atoms with Gasteiger partial charge in [0.25, 0.3) is 11.8 Å². The summed E-state index contributed by atoms with van der Waals surface area (Å²) in [6, 6.07) is 12.9. The van der Waals surface area contributed by atoms with E-state index in [2.05, 4.69) is 0 Å². The highest BCUT2D eigenvalue weighted by Gasteiger charge is 2.25. The molecule has 2 aromatic carbocycles. The predicted molar refractivity (Wildman–Crippen MR) is 83.0 cm³/mol. The molecule has 0 atom stereocenters. The Morgan fingerprint density at radius 3 is 1.73 bits per heavy atom. The van der Waals surface area contributed by atoms with Gasteiger partial charge in [-0.25, -0.2) is 4.90 Å². The lowest BCUT2D eigenvalue weighted by atomic mass is 10.0. The van der Waals surface area contributed by atoms with Crippen LogP contribution in [-0.4, -0.2) is 17.6 Å². The average Bonchev–Trinajstić information content (AvgIpc) is 2.86. The van der Waals surface area contributed by atoms with Gasteiger partial charge < -0.3 is 0 Å². The lowest BCUT2D eigenvalue weighted by molar-refractivity contribution is -0.119. The summed E-state index contributed by atoms with van der Waals surface area (Å²) in [5, 5.41) is 0.561. The number of rotatable bonds is 3. The van der Waals surface area contributed by atoms with Crippen LogP contribution in [0.2, 0.25) is 5.02 Å². The van der Waals surface area contributed by atoms with Gasteiger partial charge in [-0.15, -0.1) is 0 Å². The Morgan fingerprint density at radius 2 is 1.23 bits per heavy atom. The molecular formula is C17H10ClNO3. The highest BCUT2D eigenvalue weighted by Crippen LogP contribution is 2.21. The monoisotopic (exact) mass is 311 g/mol. The molecule has 108 valence electrons. The fourth-order valence-electron chi connectivity index (χ4n) is 2.18. The number of amides is 2. The molecule has 2 amide bonds. The van der Waals surface area contributed by atoms with Gasteiger partial charge in [0.15, 0.2) is 5.78 Å². The maximum Gasteiger partial charge on any atom is 0.258 e. The van der Waals surface area contributed by atoms with Gasteiger partial charge in [-0.05, 0) is 48.5 Å². The van der Waals surface area contributed by atoms with Gasteiger partial charge in [-0.3, -0.25) is 14.4 Å². The topological polar surface area (TPSA) is 54.5 Å². The maximum absolute atomic E-state index is 12.3. The molecular weight excluding hydrogens is 302 g/mol. The smallest absolute Gasteiger partial charge is 0.258 e. The molecule has 0 fully saturated rings. The number of carbonyl (C=O) groups excluding carboxylic acids is 3. The first-order valence-electron chi connectivity index (χ1n) is 6.53. The van der Waals surface area contributed by atoms with Crippen molar-refractivity contribution in [2.24, 2.45) is 0 Å². The Labute approximate surface area is 131 Å². The van der Waals surface area contributed by atoms with Crippen LogP contribution in [0, 0.1) is 0 Å². The summed E-state index contributed by atoms with van der Waals surface area (Å²) in [6.07, 6.45) is 2.43. The standard InChI is InChI=1S/C17H10ClNO3/c18-13-5-1-11(2-6-13)17(22)12-3-7-14(8-4-12)19-15(20)9-10-16(19)21/h1-10H. The molecule has 0 radical (unpaired) electrons. The van der Waals surface area contributed by atoms with Crippen LogP contribution in [0.5, 0.6) is 0 Å². The molecule has 5 heteroatoms. The Morgan fingerprint density at radius 1 is 0.773 bits per heavy atom. The van der Waals surface area contributed by atoms with Crippen molar-refractivity contribution in [3.8, 4) is 0 Å². The Kier molecular flexibility index (Phi) is 3.61. The minimum absolute atomic E-state index is 0.152. The largest absolute Gasteiger partial charge is 0.289 e. The Hall–Kier alpha value is -2.72. The van der Waals surface area contributed by atoms with E-state index < -0.39 is 0 Å². The first-order chi connectivity index (χ1) is 10.6. The number of anilines is 1. The van der Waals surface area contributed by atoms with Crippen molar-refractivity contribution in [3.05, 3.63) is 76.8 Å². The van der Waals surface area contributed by atoms with Crippen molar-refractivity contribution in [2.75, 3.05) is 4.90 Å². The summed E-state index contributed by atoms with van der Waals surface area (Å²) in [7, 11) is 0. The van der Waals surface area contributed by atoms with E-state index in [9.17, 15) is 14.4 Å². The van der Waals surface area contributed by atoms with Gasteiger partial charge in [0.05, 0.1) is 5.69 Å². The number of halogens is 1. The van der Waals surface area contributed by atoms with Crippen molar-refractivity contribution in [2.45, 2.75) is 0 Å². The minimum atomic E-state index is -0.387. The number of nitrogens with zero attached hydrogens (tertiary/aromatic N) is 1. The second kappa shape index (κ2) is 5.58. The van der Waals surface area contributed by atoms with E-state index in [1.165, 1.54) is 12.2 Å². The molecule has 1 aliphatic heterocycles. The fraction of sp³-hybridized carbons (Fsp3) is 0. The summed E-state index contributed by atoms with van der Waals surface area (Å²) in [6.45, 7) is 0. The van der Waals surface area contributed by atoms with Crippen LogP contribution in [0.15, 0.2) is 60.7 Å². The first-order valence-corrected chi connectivity index (χ1v) is 6.90. The molecule has 0 saturated carbocycles. The van der Waals surface area contributed by atoms with Gasteiger partial charge in [0, 0.05) is 28.3 Å². The molecule has 4 nitrogen and oxygen atoms in total. The van der Waals surface area contributed by atoms with E-state index in [1.807, 2.05) is 0 Å². The third-order valence-electron chi connectivity index (χ3n) is 3.30. The molecule has 0 aliphatic carbocycles. The molecule has 1 heterocycles. The van der Waals surface area contributed by atoms with Crippen LogP contribution >= 0.6 is 11.6 Å².